The number of hydrogen-bond donors (Lipinski definition) is 1. The minimum atomic E-state index is -0.935. The molecule has 2 aromatic rings. The van der Waals surface area contributed by atoms with Gasteiger partial charge >= 0.3 is 5.97 Å². The summed E-state index contributed by atoms with van der Waals surface area (Å²) in [6, 6.07) is 6.92. The number of fused-ring (bicyclic) bond motifs is 1. The van der Waals surface area contributed by atoms with Crippen molar-refractivity contribution in [2.75, 3.05) is 12.1 Å². The Morgan fingerprint density at radius 2 is 2.04 bits per heavy atom. The number of benzene rings is 1. The molecule has 0 spiro atoms. The van der Waals surface area contributed by atoms with Gasteiger partial charge in [-0.3, -0.25) is 14.3 Å². The summed E-state index contributed by atoms with van der Waals surface area (Å²) >= 11 is 0. The summed E-state index contributed by atoms with van der Waals surface area (Å²) in [5, 5.41) is 6.87. The number of hydrogen-bond acceptors (Lipinski definition) is 6. The number of rotatable bonds is 5. The van der Waals surface area contributed by atoms with Crippen LogP contribution in [0.3, 0.4) is 0 Å². The Balaban J connectivity index is 1.55. The molecule has 1 N–H and O–H groups in total. The Kier molecular flexibility index (Phi) is 4.60. The molecule has 8 heteroatoms. The third-order valence-electron chi connectivity index (χ3n) is 3.70. The Morgan fingerprint density at radius 3 is 2.76 bits per heavy atom. The van der Waals surface area contributed by atoms with E-state index in [0.29, 0.717) is 17.2 Å². The van der Waals surface area contributed by atoms with E-state index in [0.717, 1.165) is 11.4 Å². The SMILES string of the molecule is Cc1cc(C)n(CC(=O)O[C@@H](C)C(=O)Nc2ccc3c(c2)OCO3)n1. The van der Waals surface area contributed by atoms with Gasteiger partial charge in [0.2, 0.25) is 6.79 Å². The molecule has 0 aliphatic carbocycles. The summed E-state index contributed by atoms with van der Waals surface area (Å²) in [6.07, 6.45) is -0.935. The van der Waals surface area contributed by atoms with Gasteiger partial charge in [0.25, 0.3) is 5.91 Å². The average molecular weight is 345 g/mol. The highest BCUT2D eigenvalue weighted by atomic mass is 16.7. The van der Waals surface area contributed by atoms with Crippen LogP contribution in [0.5, 0.6) is 11.5 Å². The molecule has 1 aromatic carbocycles. The fraction of sp³-hybridized carbons (Fsp3) is 0.353. The maximum atomic E-state index is 12.2. The second-order valence-electron chi connectivity index (χ2n) is 5.77. The number of nitrogens with one attached hydrogen (secondary N) is 1. The number of anilines is 1. The van der Waals surface area contributed by atoms with Gasteiger partial charge in [-0.1, -0.05) is 0 Å². The van der Waals surface area contributed by atoms with Gasteiger partial charge in [0.05, 0.1) is 5.69 Å². The molecule has 0 bridgehead atoms. The summed E-state index contributed by atoms with van der Waals surface area (Å²) in [6.45, 7) is 5.33. The Bertz CT molecular complexity index is 815. The smallest absolute Gasteiger partial charge is 0.328 e. The molecule has 1 aliphatic rings. The number of ether oxygens (including phenoxy) is 3. The van der Waals surface area contributed by atoms with Crippen LogP contribution in [-0.2, 0) is 20.9 Å². The Morgan fingerprint density at radius 1 is 1.28 bits per heavy atom. The fourth-order valence-electron chi connectivity index (χ4n) is 2.46. The molecule has 1 amide bonds. The van der Waals surface area contributed by atoms with Crippen LogP contribution in [0.15, 0.2) is 24.3 Å². The van der Waals surface area contributed by atoms with Crippen molar-refractivity contribution >= 4 is 17.6 Å². The van der Waals surface area contributed by atoms with Gasteiger partial charge in [-0.05, 0) is 39.0 Å². The lowest BCUT2D eigenvalue weighted by atomic mass is 10.2. The second-order valence-corrected chi connectivity index (χ2v) is 5.77. The minimum Gasteiger partial charge on any atom is -0.454 e. The third-order valence-corrected chi connectivity index (χ3v) is 3.70. The average Bonchev–Trinajstić information content (AvgIpc) is 3.13. The number of aryl methyl sites for hydroxylation is 2. The highest BCUT2D eigenvalue weighted by Gasteiger charge is 2.20. The molecule has 0 unspecified atom stereocenters. The normalized spacial score (nSPS) is 13.4. The van der Waals surface area contributed by atoms with Crippen LogP contribution in [0.25, 0.3) is 0 Å². The first-order chi connectivity index (χ1) is 11.9. The Hall–Kier alpha value is -3.03. The third kappa shape index (κ3) is 3.90. The van der Waals surface area contributed by atoms with Crippen LogP contribution in [0.2, 0.25) is 0 Å². The van der Waals surface area contributed by atoms with Crippen LogP contribution in [-0.4, -0.2) is 34.6 Å². The highest BCUT2D eigenvalue weighted by Crippen LogP contribution is 2.34. The zero-order chi connectivity index (χ0) is 18.0. The largest absolute Gasteiger partial charge is 0.454 e. The molecule has 132 valence electrons. The van der Waals surface area contributed by atoms with Crippen molar-refractivity contribution in [3.63, 3.8) is 0 Å². The van der Waals surface area contributed by atoms with Crippen molar-refractivity contribution in [2.24, 2.45) is 0 Å². The lowest BCUT2D eigenvalue weighted by Gasteiger charge is -2.14. The quantitative estimate of drug-likeness (QED) is 0.831. The molecule has 1 aromatic heterocycles. The molecule has 0 saturated carbocycles. The van der Waals surface area contributed by atoms with Crippen molar-refractivity contribution in [3.8, 4) is 11.5 Å². The van der Waals surface area contributed by atoms with Crippen LogP contribution in [0, 0.1) is 13.8 Å². The van der Waals surface area contributed by atoms with E-state index in [1.165, 1.54) is 6.92 Å². The van der Waals surface area contributed by atoms with Gasteiger partial charge in [0, 0.05) is 17.4 Å². The molecule has 25 heavy (non-hydrogen) atoms. The van der Waals surface area contributed by atoms with Crippen molar-refractivity contribution in [3.05, 3.63) is 35.7 Å². The lowest BCUT2D eigenvalue weighted by molar-refractivity contribution is -0.154. The monoisotopic (exact) mass is 345 g/mol. The first kappa shape index (κ1) is 16.8. The number of amides is 1. The summed E-state index contributed by atoms with van der Waals surface area (Å²) in [4.78, 5) is 24.2. The van der Waals surface area contributed by atoms with Crippen molar-refractivity contribution in [1.29, 1.82) is 0 Å². The number of carbonyl (C=O) groups excluding carboxylic acids is 2. The molecule has 1 atom stereocenters. The molecule has 0 radical (unpaired) electrons. The molecular weight excluding hydrogens is 326 g/mol. The Labute approximate surface area is 144 Å². The number of aromatic nitrogens is 2. The van der Waals surface area contributed by atoms with Gasteiger partial charge in [-0.25, -0.2) is 0 Å². The molecule has 0 saturated heterocycles. The van der Waals surface area contributed by atoms with Gasteiger partial charge < -0.3 is 19.5 Å². The van der Waals surface area contributed by atoms with E-state index >= 15 is 0 Å². The first-order valence-electron chi connectivity index (χ1n) is 7.83. The number of carbonyl (C=O) groups is 2. The number of esters is 1. The van der Waals surface area contributed by atoms with E-state index in [-0.39, 0.29) is 13.3 Å². The van der Waals surface area contributed by atoms with Crippen molar-refractivity contribution < 1.29 is 23.8 Å². The lowest BCUT2D eigenvalue weighted by Crippen LogP contribution is -2.31. The molecular formula is C17H19N3O5. The van der Waals surface area contributed by atoms with Crippen LogP contribution in [0.1, 0.15) is 18.3 Å². The first-order valence-corrected chi connectivity index (χ1v) is 7.83. The highest BCUT2D eigenvalue weighted by molar-refractivity contribution is 5.95. The standard InChI is InChI=1S/C17H19N3O5/c1-10-6-11(2)20(19-10)8-16(21)25-12(3)17(22)18-13-4-5-14-15(7-13)24-9-23-14/h4-7,12H,8-9H2,1-3H3,(H,18,22)/t12-/m0/s1. The van der Waals surface area contributed by atoms with Gasteiger partial charge in [-0.2, -0.15) is 5.10 Å². The summed E-state index contributed by atoms with van der Waals surface area (Å²) in [5.41, 5.74) is 2.21. The maximum Gasteiger partial charge on any atom is 0.328 e. The van der Waals surface area contributed by atoms with E-state index in [1.807, 2.05) is 19.9 Å². The van der Waals surface area contributed by atoms with E-state index in [2.05, 4.69) is 10.4 Å². The maximum absolute atomic E-state index is 12.2. The summed E-state index contributed by atoms with van der Waals surface area (Å²) in [5.74, 6) is 0.231. The molecule has 8 nitrogen and oxygen atoms in total. The van der Waals surface area contributed by atoms with Gasteiger partial charge in [0.15, 0.2) is 17.6 Å². The topological polar surface area (TPSA) is 91.7 Å². The second kappa shape index (κ2) is 6.84. The van der Waals surface area contributed by atoms with Crippen LogP contribution >= 0.6 is 0 Å². The van der Waals surface area contributed by atoms with Crippen LogP contribution < -0.4 is 14.8 Å². The van der Waals surface area contributed by atoms with Crippen LogP contribution in [0.4, 0.5) is 5.69 Å². The predicted octanol–water partition coefficient (Wildman–Crippen LogP) is 1.80. The van der Waals surface area contributed by atoms with E-state index in [1.54, 1.807) is 22.9 Å². The van der Waals surface area contributed by atoms with Gasteiger partial charge in [-0.15, -0.1) is 0 Å². The number of nitrogens with zero attached hydrogens (tertiary/aromatic N) is 2. The fourth-order valence-corrected chi connectivity index (χ4v) is 2.46. The minimum absolute atomic E-state index is 0.0404. The molecule has 2 heterocycles. The zero-order valence-corrected chi connectivity index (χ0v) is 14.2. The molecule has 0 fully saturated rings. The van der Waals surface area contributed by atoms with E-state index in [4.69, 9.17) is 14.2 Å². The van der Waals surface area contributed by atoms with Crippen molar-refractivity contribution in [1.82, 2.24) is 9.78 Å². The van der Waals surface area contributed by atoms with E-state index < -0.39 is 18.0 Å². The predicted molar refractivity (Wildman–Crippen MR) is 88.4 cm³/mol. The zero-order valence-electron chi connectivity index (χ0n) is 14.2. The van der Waals surface area contributed by atoms with E-state index in [9.17, 15) is 9.59 Å². The molecule has 1 aliphatic heterocycles. The summed E-state index contributed by atoms with van der Waals surface area (Å²) in [7, 11) is 0. The van der Waals surface area contributed by atoms with Gasteiger partial charge in [0.1, 0.15) is 6.54 Å². The van der Waals surface area contributed by atoms with Crippen molar-refractivity contribution in [2.45, 2.75) is 33.4 Å². The molecule has 3 rings (SSSR count). The summed E-state index contributed by atoms with van der Waals surface area (Å²) < 4.78 is 17.2.